The molecule has 1 amide bonds. The van der Waals surface area contributed by atoms with Crippen LogP contribution in [-0.4, -0.2) is 37.4 Å². The first-order valence-corrected chi connectivity index (χ1v) is 10.1. The van der Waals surface area contributed by atoms with Gasteiger partial charge in [0.2, 0.25) is 0 Å². The van der Waals surface area contributed by atoms with Gasteiger partial charge in [0.25, 0.3) is 5.91 Å². The van der Waals surface area contributed by atoms with Crippen molar-refractivity contribution in [3.63, 3.8) is 0 Å². The molecule has 0 atom stereocenters. The first-order chi connectivity index (χ1) is 12.6. The number of amides is 1. The van der Waals surface area contributed by atoms with Gasteiger partial charge in [-0.2, -0.15) is 0 Å². The Morgan fingerprint density at radius 3 is 2.77 bits per heavy atom. The minimum atomic E-state index is -0.435. The standard InChI is InChI=1S/C17H16ClNO5S2/c18-15-4-2-12(26-15)9-25-10-17(21)24-8-16(20)19-11-1-3-13-14(7-11)23-6-5-22-13/h1-4,7H,5-6,8-10H2,(H,19,20). The fourth-order valence-electron chi connectivity index (χ4n) is 2.17. The Labute approximate surface area is 163 Å². The first kappa shape index (κ1) is 18.9. The van der Waals surface area contributed by atoms with Crippen LogP contribution in [0.5, 0.6) is 11.5 Å². The van der Waals surface area contributed by atoms with Gasteiger partial charge in [0.15, 0.2) is 18.1 Å². The van der Waals surface area contributed by atoms with Gasteiger partial charge in [0.1, 0.15) is 13.2 Å². The van der Waals surface area contributed by atoms with Crippen LogP contribution < -0.4 is 14.8 Å². The lowest BCUT2D eigenvalue weighted by atomic mass is 10.2. The van der Waals surface area contributed by atoms with E-state index >= 15 is 0 Å². The zero-order valence-electron chi connectivity index (χ0n) is 13.7. The summed E-state index contributed by atoms with van der Waals surface area (Å²) in [6, 6.07) is 8.85. The van der Waals surface area contributed by atoms with Crippen LogP contribution in [0, 0.1) is 0 Å². The molecule has 1 aromatic carbocycles. The molecule has 26 heavy (non-hydrogen) atoms. The second kappa shape index (κ2) is 9.16. The molecule has 1 aromatic heterocycles. The summed E-state index contributed by atoms with van der Waals surface area (Å²) >= 11 is 8.74. The van der Waals surface area contributed by atoms with Crippen LogP contribution in [0.1, 0.15) is 4.88 Å². The van der Waals surface area contributed by atoms with Crippen molar-refractivity contribution >= 4 is 52.3 Å². The highest BCUT2D eigenvalue weighted by Gasteiger charge is 2.13. The summed E-state index contributed by atoms with van der Waals surface area (Å²) in [7, 11) is 0. The van der Waals surface area contributed by atoms with Gasteiger partial charge < -0.3 is 19.5 Å². The number of halogens is 1. The maximum absolute atomic E-state index is 11.9. The minimum absolute atomic E-state index is 0.173. The average molecular weight is 414 g/mol. The second-order valence-electron chi connectivity index (χ2n) is 5.27. The van der Waals surface area contributed by atoms with Crippen LogP contribution in [-0.2, 0) is 20.1 Å². The number of anilines is 1. The van der Waals surface area contributed by atoms with E-state index in [9.17, 15) is 9.59 Å². The van der Waals surface area contributed by atoms with E-state index < -0.39 is 11.9 Å². The topological polar surface area (TPSA) is 73.9 Å². The monoisotopic (exact) mass is 413 g/mol. The SMILES string of the molecule is O=C(COC(=O)CSCc1ccc(Cl)s1)Nc1ccc2c(c1)OCCO2. The summed E-state index contributed by atoms with van der Waals surface area (Å²) in [5, 5.41) is 2.66. The Hall–Kier alpha value is -1.90. The van der Waals surface area contributed by atoms with Crippen molar-refractivity contribution in [3.05, 3.63) is 39.5 Å². The van der Waals surface area contributed by atoms with Crippen molar-refractivity contribution in [1.82, 2.24) is 0 Å². The predicted molar refractivity (Wildman–Crippen MR) is 103 cm³/mol. The molecular weight excluding hydrogens is 398 g/mol. The number of benzene rings is 1. The normalized spacial score (nSPS) is 12.5. The molecule has 0 fully saturated rings. The molecule has 138 valence electrons. The third-order valence-electron chi connectivity index (χ3n) is 3.28. The molecule has 9 heteroatoms. The number of hydrogen-bond donors (Lipinski definition) is 1. The second-order valence-corrected chi connectivity index (χ2v) is 8.05. The molecule has 1 N–H and O–H groups in total. The number of fused-ring (bicyclic) bond motifs is 1. The molecule has 2 aromatic rings. The van der Waals surface area contributed by atoms with E-state index in [2.05, 4.69) is 5.32 Å². The summed E-state index contributed by atoms with van der Waals surface area (Å²) < 4.78 is 16.6. The Kier molecular flexibility index (Phi) is 6.65. The highest BCUT2D eigenvalue weighted by Crippen LogP contribution is 2.32. The highest BCUT2D eigenvalue weighted by atomic mass is 35.5. The van der Waals surface area contributed by atoms with Crippen molar-refractivity contribution in [2.45, 2.75) is 5.75 Å². The zero-order chi connectivity index (χ0) is 18.4. The molecule has 0 saturated carbocycles. The van der Waals surface area contributed by atoms with Crippen LogP contribution in [0.25, 0.3) is 0 Å². The van der Waals surface area contributed by atoms with Crippen LogP contribution in [0.4, 0.5) is 5.69 Å². The number of ether oxygens (including phenoxy) is 3. The van der Waals surface area contributed by atoms with Gasteiger partial charge in [0, 0.05) is 22.4 Å². The molecular formula is C17H16ClNO5S2. The van der Waals surface area contributed by atoms with E-state index in [4.69, 9.17) is 25.8 Å². The number of esters is 1. The Balaban J connectivity index is 1.37. The summed E-state index contributed by atoms with van der Waals surface area (Å²) in [5.74, 6) is 1.23. The van der Waals surface area contributed by atoms with Crippen molar-refractivity contribution in [2.75, 3.05) is 30.9 Å². The summed E-state index contributed by atoms with van der Waals surface area (Å²) in [6.45, 7) is 0.641. The summed E-state index contributed by atoms with van der Waals surface area (Å²) in [5.41, 5.74) is 0.555. The number of thioether (sulfide) groups is 1. The Morgan fingerprint density at radius 2 is 2.00 bits per heavy atom. The van der Waals surface area contributed by atoms with Crippen LogP contribution in [0.15, 0.2) is 30.3 Å². The number of carbonyl (C=O) groups is 2. The third kappa shape index (κ3) is 5.55. The predicted octanol–water partition coefficient (Wildman–Crippen LogP) is 3.59. The highest BCUT2D eigenvalue weighted by molar-refractivity contribution is 7.99. The maximum Gasteiger partial charge on any atom is 0.316 e. The van der Waals surface area contributed by atoms with Gasteiger partial charge in [0.05, 0.1) is 10.1 Å². The molecule has 0 aliphatic carbocycles. The third-order valence-corrected chi connectivity index (χ3v) is 5.65. The van der Waals surface area contributed by atoms with Gasteiger partial charge in [-0.1, -0.05) is 11.6 Å². The molecule has 1 aliphatic heterocycles. The van der Waals surface area contributed by atoms with Crippen LogP contribution in [0.2, 0.25) is 4.34 Å². The molecule has 2 heterocycles. The van der Waals surface area contributed by atoms with Crippen molar-refractivity contribution in [3.8, 4) is 11.5 Å². The van der Waals surface area contributed by atoms with Gasteiger partial charge in [-0.15, -0.1) is 23.1 Å². The van der Waals surface area contributed by atoms with Gasteiger partial charge in [-0.25, -0.2) is 0 Å². The number of carbonyl (C=O) groups excluding carboxylic acids is 2. The lowest BCUT2D eigenvalue weighted by Gasteiger charge is -2.19. The quantitative estimate of drug-likeness (QED) is 0.699. The molecule has 1 aliphatic rings. The number of rotatable bonds is 7. The molecule has 0 unspecified atom stereocenters. The fraction of sp³-hybridized carbons (Fsp3) is 0.294. The van der Waals surface area contributed by atoms with E-state index in [1.54, 1.807) is 18.2 Å². The van der Waals surface area contributed by atoms with Crippen molar-refractivity contribution < 1.29 is 23.8 Å². The molecule has 0 spiro atoms. The van der Waals surface area contributed by atoms with Crippen molar-refractivity contribution in [1.29, 1.82) is 0 Å². The number of thiophene rings is 1. The fourth-order valence-corrected chi connectivity index (χ4v) is 4.19. The van der Waals surface area contributed by atoms with E-state index in [1.165, 1.54) is 23.1 Å². The number of hydrogen-bond acceptors (Lipinski definition) is 7. The smallest absolute Gasteiger partial charge is 0.316 e. The lowest BCUT2D eigenvalue weighted by Crippen LogP contribution is -2.22. The first-order valence-electron chi connectivity index (χ1n) is 7.77. The average Bonchev–Trinajstić information content (AvgIpc) is 3.05. The Bertz CT molecular complexity index is 795. The largest absolute Gasteiger partial charge is 0.486 e. The van der Waals surface area contributed by atoms with Gasteiger partial charge >= 0.3 is 5.97 Å². The van der Waals surface area contributed by atoms with Gasteiger partial charge in [-0.3, -0.25) is 9.59 Å². The van der Waals surface area contributed by atoms with Crippen LogP contribution >= 0.6 is 34.7 Å². The lowest BCUT2D eigenvalue weighted by molar-refractivity contribution is -0.144. The minimum Gasteiger partial charge on any atom is -0.486 e. The van der Waals surface area contributed by atoms with E-state index in [-0.39, 0.29) is 12.4 Å². The number of nitrogens with one attached hydrogen (secondary N) is 1. The molecule has 0 bridgehead atoms. The molecule has 0 radical (unpaired) electrons. The van der Waals surface area contributed by atoms with E-state index in [0.29, 0.717) is 36.2 Å². The molecule has 0 saturated heterocycles. The zero-order valence-corrected chi connectivity index (χ0v) is 16.0. The van der Waals surface area contributed by atoms with E-state index in [1.807, 2.05) is 12.1 Å². The summed E-state index contributed by atoms with van der Waals surface area (Å²) in [4.78, 5) is 24.7. The summed E-state index contributed by atoms with van der Waals surface area (Å²) in [6.07, 6.45) is 0. The molecule has 6 nitrogen and oxygen atoms in total. The van der Waals surface area contributed by atoms with E-state index in [0.717, 1.165) is 9.21 Å². The van der Waals surface area contributed by atoms with Gasteiger partial charge in [-0.05, 0) is 24.3 Å². The van der Waals surface area contributed by atoms with Crippen molar-refractivity contribution in [2.24, 2.45) is 0 Å². The Morgan fingerprint density at radius 1 is 1.19 bits per heavy atom. The van der Waals surface area contributed by atoms with Crippen LogP contribution in [0.3, 0.4) is 0 Å². The molecule has 3 rings (SSSR count). The maximum atomic E-state index is 11.9.